The Labute approximate surface area is 220 Å². The Morgan fingerprint density at radius 2 is 1.16 bits per heavy atom. The van der Waals surface area contributed by atoms with E-state index >= 15 is 0 Å². The van der Waals surface area contributed by atoms with E-state index in [2.05, 4.69) is 11.3 Å². The van der Waals surface area contributed by atoms with Crippen LogP contribution in [0.4, 0.5) is 0 Å². The average molecular weight is 553 g/mol. The first-order chi connectivity index (χ1) is 18.1. The summed E-state index contributed by atoms with van der Waals surface area (Å²) in [7, 11) is 0. The van der Waals surface area contributed by atoms with Gasteiger partial charge in [0.05, 0.1) is 12.9 Å². The van der Waals surface area contributed by atoms with Crippen molar-refractivity contribution >= 4 is 11.9 Å². The minimum atomic E-state index is -1.79. The van der Waals surface area contributed by atoms with Crippen LogP contribution in [0.25, 0.3) is 0 Å². The molecule has 10 atom stereocenters. The normalized spacial score (nSPS) is 35.4. The van der Waals surface area contributed by atoms with E-state index in [1.807, 2.05) is 0 Å². The summed E-state index contributed by atoms with van der Waals surface area (Å²) in [6.07, 6.45) is -10.0. The molecule has 2 rings (SSSR count). The second-order valence-corrected chi connectivity index (χ2v) is 9.31. The van der Waals surface area contributed by atoms with E-state index in [1.54, 1.807) is 0 Å². The lowest BCUT2D eigenvalue weighted by molar-refractivity contribution is -0.376. The molecule has 220 valence electrons. The van der Waals surface area contributed by atoms with Crippen molar-refractivity contribution in [2.75, 3.05) is 13.2 Å². The molecule has 0 aromatic heterocycles. The van der Waals surface area contributed by atoms with Gasteiger partial charge >= 0.3 is 11.9 Å². The summed E-state index contributed by atoms with van der Waals surface area (Å²) >= 11 is 0. The molecule has 0 aromatic rings. The third kappa shape index (κ3) is 9.48. The number of rotatable bonds is 15. The first kappa shape index (κ1) is 32.5. The maximum absolute atomic E-state index is 12.1. The van der Waals surface area contributed by atoms with E-state index in [0.717, 1.165) is 31.9 Å². The Balaban J connectivity index is 1.73. The number of esters is 2. The van der Waals surface area contributed by atoms with Gasteiger partial charge in [0.15, 0.2) is 12.6 Å². The number of hydrogen-bond donors (Lipinski definition) is 7. The molecular weight excluding hydrogens is 512 g/mol. The molecule has 0 radical (unpaired) electrons. The fourth-order valence-corrected chi connectivity index (χ4v) is 4.12. The van der Waals surface area contributed by atoms with Crippen LogP contribution in [0.15, 0.2) is 12.8 Å². The lowest BCUT2D eigenvalue weighted by atomic mass is 9.98. The first-order valence-corrected chi connectivity index (χ1v) is 12.7. The molecule has 0 saturated carbocycles. The molecule has 14 heteroatoms. The van der Waals surface area contributed by atoms with Crippen LogP contribution in [0.5, 0.6) is 0 Å². The zero-order valence-electron chi connectivity index (χ0n) is 21.1. The maximum Gasteiger partial charge on any atom is 0.310 e. The molecule has 0 unspecified atom stereocenters. The minimum Gasteiger partial charge on any atom is -0.463 e. The summed E-state index contributed by atoms with van der Waals surface area (Å²) in [5.41, 5.74) is 0. The van der Waals surface area contributed by atoms with Crippen molar-refractivity contribution in [3.05, 3.63) is 12.8 Å². The van der Waals surface area contributed by atoms with Gasteiger partial charge in [0.1, 0.15) is 55.4 Å². The van der Waals surface area contributed by atoms with Crippen LogP contribution in [0.2, 0.25) is 0 Å². The van der Waals surface area contributed by atoms with Crippen LogP contribution < -0.4 is 0 Å². The van der Waals surface area contributed by atoms with Gasteiger partial charge in [-0.1, -0.05) is 32.3 Å². The van der Waals surface area contributed by atoms with Crippen LogP contribution in [0.1, 0.15) is 51.4 Å². The summed E-state index contributed by atoms with van der Waals surface area (Å²) in [5, 5.41) is 69.8. The van der Waals surface area contributed by atoms with Crippen molar-refractivity contribution < 1.29 is 69.0 Å². The topological polar surface area (TPSA) is 222 Å². The van der Waals surface area contributed by atoms with Crippen LogP contribution >= 0.6 is 0 Å². The van der Waals surface area contributed by atoms with Gasteiger partial charge in [-0.3, -0.25) is 9.59 Å². The predicted octanol–water partition coefficient (Wildman–Crippen LogP) is -2.04. The van der Waals surface area contributed by atoms with Crippen LogP contribution in [0.3, 0.4) is 0 Å². The quantitative estimate of drug-likeness (QED) is 0.0661. The van der Waals surface area contributed by atoms with Crippen molar-refractivity contribution in [3.63, 3.8) is 0 Å². The molecule has 0 spiro atoms. The van der Waals surface area contributed by atoms with Gasteiger partial charge in [-0.05, 0) is 12.8 Å². The number of carbonyl (C=O) groups excluding carboxylic acids is 2. The third-order valence-electron chi connectivity index (χ3n) is 6.42. The molecule has 0 amide bonds. The molecule has 0 bridgehead atoms. The number of carbonyl (C=O) groups is 2. The van der Waals surface area contributed by atoms with E-state index < -0.39 is 80.6 Å². The average Bonchev–Trinajstić information content (AvgIpc) is 2.89. The molecule has 38 heavy (non-hydrogen) atoms. The largest absolute Gasteiger partial charge is 0.463 e. The minimum absolute atomic E-state index is 0.116. The van der Waals surface area contributed by atoms with Crippen LogP contribution in [-0.4, -0.2) is 122 Å². The van der Waals surface area contributed by atoms with Crippen molar-refractivity contribution in [1.82, 2.24) is 0 Å². The summed E-state index contributed by atoms with van der Waals surface area (Å²) in [6, 6.07) is 0. The number of ether oxygens (including phenoxy) is 5. The van der Waals surface area contributed by atoms with Gasteiger partial charge in [0, 0.05) is 12.8 Å². The zero-order chi connectivity index (χ0) is 28.2. The molecule has 2 heterocycles. The van der Waals surface area contributed by atoms with E-state index in [4.69, 9.17) is 18.9 Å². The van der Waals surface area contributed by atoms with Crippen LogP contribution in [0, 0.1) is 0 Å². The highest BCUT2D eigenvalue weighted by atomic mass is 16.8. The molecule has 14 nitrogen and oxygen atoms in total. The molecule has 2 aliphatic rings. The Morgan fingerprint density at radius 1 is 0.684 bits per heavy atom. The zero-order valence-corrected chi connectivity index (χ0v) is 21.1. The van der Waals surface area contributed by atoms with Crippen molar-refractivity contribution in [1.29, 1.82) is 0 Å². The molecular formula is C24H40O14. The lowest BCUT2D eigenvalue weighted by Gasteiger charge is -2.44. The Bertz CT molecular complexity index is 733. The fourth-order valence-electron chi connectivity index (χ4n) is 4.12. The monoisotopic (exact) mass is 552 g/mol. The summed E-state index contributed by atoms with van der Waals surface area (Å²) < 4.78 is 25.7. The van der Waals surface area contributed by atoms with Gasteiger partial charge in [0.2, 0.25) is 0 Å². The first-order valence-electron chi connectivity index (χ1n) is 12.7. The molecule has 2 aliphatic heterocycles. The number of aliphatic hydroxyl groups is 7. The van der Waals surface area contributed by atoms with Gasteiger partial charge in [-0.25, -0.2) is 0 Å². The summed E-state index contributed by atoms with van der Waals surface area (Å²) in [4.78, 5) is 23.3. The van der Waals surface area contributed by atoms with Gasteiger partial charge < -0.3 is 59.4 Å². The molecule has 7 N–H and O–H groups in total. The second kappa shape index (κ2) is 16.4. The SMILES string of the molecule is C=COC(=O)CCCCCCCCC(=O)OC[C@H]1O[C@H](O[C@H]2O[C@H](CO)[C@@H](O)[C@H](O)[C@H]2O)[C@H](O)[C@@H](O)[C@H]1O. The van der Waals surface area contributed by atoms with E-state index in [9.17, 15) is 45.3 Å². The summed E-state index contributed by atoms with van der Waals surface area (Å²) in [5.74, 6) is -0.872. The predicted molar refractivity (Wildman–Crippen MR) is 126 cm³/mol. The van der Waals surface area contributed by atoms with Crippen LogP contribution in [-0.2, 0) is 33.3 Å². The fraction of sp³-hybridized carbons (Fsp3) is 0.833. The van der Waals surface area contributed by atoms with Crippen molar-refractivity contribution in [2.24, 2.45) is 0 Å². The number of aliphatic hydroxyl groups excluding tert-OH is 7. The molecule has 2 saturated heterocycles. The van der Waals surface area contributed by atoms with Crippen molar-refractivity contribution in [3.8, 4) is 0 Å². The maximum atomic E-state index is 12.1. The highest BCUT2D eigenvalue weighted by molar-refractivity contribution is 5.70. The molecule has 2 fully saturated rings. The third-order valence-corrected chi connectivity index (χ3v) is 6.42. The second-order valence-electron chi connectivity index (χ2n) is 9.31. The number of hydrogen-bond acceptors (Lipinski definition) is 14. The van der Waals surface area contributed by atoms with Gasteiger partial charge in [-0.15, -0.1) is 0 Å². The smallest absolute Gasteiger partial charge is 0.310 e. The van der Waals surface area contributed by atoms with E-state index in [0.29, 0.717) is 19.3 Å². The Hall–Kier alpha value is -1.72. The van der Waals surface area contributed by atoms with E-state index in [1.165, 1.54) is 0 Å². The Morgan fingerprint density at radius 3 is 1.68 bits per heavy atom. The standard InChI is InChI=1S/C24H40O14/c1-2-34-15(26)9-7-5-3-4-6-8-10-16(27)35-12-14-18(29)20(31)22(33)24(37-14)38-23-21(32)19(30)17(28)13(11-25)36-23/h2,13-14,17-25,28-33H,1,3-12H2/t13-,14-,17-,18+,19+,20+,21-,22-,23-,24-/m1/s1. The molecule has 0 aromatic carbocycles. The summed E-state index contributed by atoms with van der Waals surface area (Å²) in [6.45, 7) is 2.16. The Kier molecular flexibility index (Phi) is 14.0. The van der Waals surface area contributed by atoms with Crippen molar-refractivity contribution in [2.45, 2.75) is 113 Å². The van der Waals surface area contributed by atoms with Gasteiger partial charge in [0.25, 0.3) is 0 Å². The van der Waals surface area contributed by atoms with E-state index in [-0.39, 0.29) is 12.4 Å². The molecule has 0 aliphatic carbocycles. The highest BCUT2D eigenvalue weighted by Crippen LogP contribution is 2.28. The van der Waals surface area contributed by atoms with Gasteiger partial charge in [-0.2, -0.15) is 0 Å². The lowest BCUT2D eigenvalue weighted by Crippen LogP contribution is -2.63. The highest BCUT2D eigenvalue weighted by Gasteiger charge is 2.49. The number of unbranched alkanes of at least 4 members (excludes halogenated alkanes) is 5.